The molecule has 0 aliphatic carbocycles. The van der Waals surface area contributed by atoms with Crippen LogP contribution in [0.1, 0.15) is 19.4 Å². The number of carbonyl (C=O) groups is 1. The third kappa shape index (κ3) is 5.59. The van der Waals surface area contributed by atoms with Crippen LogP contribution >= 0.6 is 0 Å². The largest absolute Gasteiger partial charge is 0.398 e. The Morgan fingerprint density at radius 3 is 2.75 bits per heavy atom. The topological polar surface area (TPSA) is 67.6 Å². The van der Waals surface area contributed by atoms with E-state index >= 15 is 0 Å². The second kappa shape index (κ2) is 8.55. The van der Waals surface area contributed by atoms with Gasteiger partial charge in [-0.3, -0.25) is 9.69 Å². The van der Waals surface area contributed by atoms with Crippen LogP contribution in [0.15, 0.2) is 24.3 Å². The van der Waals surface area contributed by atoms with Gasteiger partial charge in [-0.05, 0) is 25.1 Å². The van der Waals surface area contributed by atoms with Crippen molar-refractivity contribution >= 4 is 11.6 Å². The first-order valence-electron chi connectivity index (χ1n) is 6.90. The number of nitrogens with two attached hydrogens (primary N) is 1. The zero-order valence-corrected chi connectivity index (χ0v) is 12.6. The van der Waals surface area contributed by atoms with E-state index in [2.05, 4.69) is 10.2 Å². The fraction of sp³-hybridized carbons (Fsp3) is 0.533. The van der Waals surface area contributed by atoms with Gasteiger partial charge in [-0.1, -0.05) is 25.1 Å². The van der Waals surface area contributed by atoms with E-state index in [4.69, 9.17) is 10.5 Å². The van der Waals surface area contributed by atoms with Gasteiger partial charge in [-0.2, -0.15) is 0 Å². The minimum atomic E-state index is 0.00547. The van der Waals surface area contributed by atoms with Gasteiger partial charge in [-0.25, -0.2) is 0 Å². The van der Waals surface area contributed by atoms with Crippen molar-refractivity contribution in [1.29, 1.82) is 0 Å². The first-order valence-corrected chi connectivity index (χ1v) is 6.90. The molecule has 0 aromatic heterocycles. The lowest BCUT2D eigenvalue weighted by molar-refractivity contribution is -0.123. The molecule has 1 aromatic carbocycles. The van der Waals surface area contributed by atoms with Crippen LogP contribution in [0.25, 0.3) is 0 Å². The maximum absolute atomic E-state index is 11.9. The molecule has 3 N–H and O–H groups in total. The van der Waals surface area contributed by atoms with Crippen molar-refractivity contribution in [3.8, 4) is 0 Å². The Labute approximate surface area is 121 Å². The predicted octanol–water partition coefficient (Wildman–Crippen LogP) is 1.24. The fourth-order valence-corrected chi connectivity index (χ4v) is 2.01. The molecule has 1 amide bonds. The number of ether oxygens (including phenoxy) is 1. The third-order valence-electron chi connectivity index (χ3n) is 3.09. The molecule has 112 valence electrons. The molecule has 1 unspecified atom stereocenters. The van der Waals surface area contributed by atoms with Crippen LogP contribution in [0.3, 0.4) is 0 Å². The highest BCUT2D eigenvalue weighted by Gasteiger charge is 2.12. The molecule has 0 aliphatic heterocycles. The molecule has 0 heterocycles. The van der Waals surface area contributed by atoms with Crippen molar-refractivity contribution in [1.82, 2.24) is 10.2 Å². The van der Waals surface area contributed by atoms with Gasteiger partial charge < -0.3 is 15.8 Å². The number of nitrogens with one attached hydrogen (secondary N) is 1. The molecule has 5 heteroatoms. The lowest BCUT2D eigenvalue weighted by Crippen LogP contribution is -2.42. The standard InChI is InChI=1S/C15H25N3O2/c1-4-18(9-13-7-5-6-8-14(13)16)10-15(19)17-12(2)11-20-3/h5-8,12H,4,9-11,16H2,1-3H3,(H,17,19). The Bertz CT molecular complexity index is 423. The molecule has 20 heavy (non-hydrogen) atoms. The van der Waals surface area contributed by atoms with Crippen LogP contribution in [-0.4, -0.2) is 43.7 Å². The van der Waals surface area contributed by atoms with E-state index in [1.54, 1.807) is 7.11 Å². The number of para-hydroxylation sites is 1. The molecule has 1 atom stereocenters. The zero-order valence-electron chi connectivity index (χ0n) is 12.6. The second-order valence-electron chi connectivity index (χ2n) is 4.93. The molecule has 0 saturated carbocycles. The number of rotatable bonds is 8. The van der Waals surface area contributed by atoms with Crippen molar-refractivity contribution < 1.29 is 9.53 Å². The normalized spacial score (nSPS) is 12.4. The number of anilines is 1. The quantitative estimate of drug-likeness (QED) is 0.703. The summed E-state index contributed by atoms with van der Waals surface area (Å²) in [6, 6.07) is 7.76. The van der Waals surface area contributed by atoms with E-state index in [9.17, 15) is 4.79 Å². The maximum Gasteiger partial charge on any atom is 0.234 e. The Balaban J connectivity index is 2.51. The summed E-state index contributed by atoms with van der Waals surface area (Å²) in [5.74, 6) is 0.00547. The average molecular weight is 279 g/mol. The van der Waals surface area contributed by atoms with Gasteiger partial charge in [0.25, 0.3) is 0 Å². The molecule has 0 bridgehead atoms. The Kier molecular flexibility index (Phi) is 7.04. The van der Waals surface area contributed by atoms with Crippen LogP contribution in [0, 0.1) is 0 Å². The summed E-state index contributed by atoms with van der Waals surface area (Å²) in [4.78, 5) is 14.0. The molecule has 0 spiro atoms. The summed E-state index contributed by atoms with van der Waals surface area (Å²) in [5, 5.41) is 2.91. The van der Waals surface area contributed by atoms with Gasteiger partial charge in [0.05, 0.1) is 13.2 Å². The first-order chi connectivity index (χ1) is 9.56. The minimum Gasteiger partial charge on any atom is -0.398 e. The number of amides is 1. The number of hydrogen-bond acceptors (Lipinski definition) is 4. The Morgan fingerprint density at radius 2 is 2.15 bits per heavy atom. The summed E-state index contributed by atoms with van der Waals surface area (Å²) in [7, 11) is 1.62. The zero-order chi connectivity index (χ0) is 15.0. The van der Waals surface area contributed by atoms with Crippen LogP contribution in [0.4, 0.5) is 5.69 Å². The summed E-state index contributed by atoms with van der Waals surface area (Å²) in [5.41, 5.74) is 7.74. The van der Waals surface area contributed by atoms with E-state index in [-0.39, 0.29) is 11.9 Å². The number of nitrogens with zero attached hydrogens (tertiary/aromatic N) is 1. The number of hydrogen-bond donors (Lipinski definition) is 2. The van der Waals surface area contributed by atoms with Gasteiger partial charge in [0, 0.05) is 25.4 Å². The molecule has 0 fully saturated rings. The average Bonchev–Trinajstić information content (AvgIpc) is 2.40. The van der Waals surface area contributed by atoms with Crippen LogP contribution in [-0.2, 0) is 16.1 Å². The van der Waals surface area contributed by atoms with Gasteiger partial charge in [0.15, 0.2) is 0 Å². The highest BCUT2D eigenvalue weighted by atomic mass is 16.5. The van der Waals surface area contributed by atoms with Crippen LogP contribution < -0.4 is 11.1 Å². The Morgan fingerprint density at radius 1 is 1.45 bits per heavy atom. The lowest BCUT2D eigenvalue weighted by Gasteiger charge is -2.22. The number of methoxy groups -OCH3 is 1. The number of benzene rings is 1. The van der Waals surface area contributed by atoms with E-state index in [0.717, 1.165) is 17.8 Å². The lowest BCUT2D eigenvalue weighted by atomic mass is 10.1. The molecule has 0 saturated heterocycles. The summed E-state index contributed by atoms with van der Waals surface area (Å²) < 4.78 is 5.00. The minimum absolute atomic E-state index is 0.00547. The maximum atomic E-state index is 11.9. The number of likely N-dealkylation sites (N-methyl/N-ethyl adjacent to an activating group) is 1. The van der Waals surface area contributed by atoms with Crippen molar-refractivity contribution in [2.24, 2.45) is 0 Å². The van der Waals surface area contributed by atoms with Gasteiger partial charge in [-0.15, -0.1) is 0 Å². The van der Waals surface area contributed by atoms with E-state index < -0.39 is 0 Å². The van der Waals surface area contributed by atoms with Gasteiger partial charge in [0.2, 0.25) is 5.91 Å². The second-order valence-corrected chi connectivity index (χ2v) is 4.93. The van der Waals surface area contributed by atoms with E-state index in [1.165, 1.54) is 0 Å². The highest BCUT2D eigenvalue weighted by molar-refractivity contribution is 5.78. The molecular weight excluding hydrogens is 254 g/mol. The van der Waals surface area contributed by atoms with Gasteiger partial charge >= 0.3 is 0 Å². The monoisotopic (exact) mass is 279 g/mol. The summed E-state index contributed by atoms with van der Waals surface area (Å²) in [6.45, 7) is 6.30. The Hall–Kier alpha value is -1.59. The molecule has 1 aromatic rings. The third-order valence-corrected chi connectivity index (χ3v) is 3.09. The van der Waals surface area contributed by atoms with Crippen LogP contribution in [0.5, 0.6) is 0 Å². The molecular formula is C15H25N3O2. The molecule has 1 rings (SSSR count). The van der Waals surface area contributed by atoms with Gasteiger partial charge in [0.1, 0.15) is 0 Å². The van der Waals surface area contributed by atoms with Crippen molar-refractivity contribution in [3.05, 3.63) is 29.8 Å². The number of carbonyl (C=O) groups excluding carboxylic acids is 1. The summed E-state index contributed by atoms with van der Waals surface area (Å²) in [6.07, 6.45) is 0. The van der Waals surface area contributed by atoms with Crippen molar-refractivity contribution in [3.63, 3.8) is 0 Å². The van der Waals surface area contributed by atoms with Crippen molar-refractivity contribution in [2.75, 3.05) is 32.5 Å². The highest BCUT2D eigenvalue weighted by Crippen LogP contribution is 2.13. The summed E-state index contributed by atoms with van der Waals surface area (Å²) >= 11 is 0. The van der Waals surface area contributed by atoms with E-state index in [0.29, 0.717) is 19.7 Å². The number of nitrogen functional groups attached to an aromatic ring is 1. The fourth-order valence-electron chi connectivity index (χ4n) is 2.01. The van der Waals surface area contributed by atoms with Crippen molar-refractivity contribution in [2.45, 2.75) is 26.4 Å². The SMILES string of the molecule is CCN(CC(=O)NC(C)COC)Cc1ccccc1N. The first kappa shape index (κ1) is 16.5. The van der Waals surface area contributed by atoms with Crippen LogP contribution in [0.2, 0.25) is 0 Å². The molecule has 5 nitrogen and oxygen atoms in total. The smallest absolute Gasteiger partial charge is 0.234 e. The molecule has 0 radical (unpaired) electrons. The molecule has 0 aliphatic rings. The predicted molar refractivity (Wildman–Crippen MR) is 81.3 cm³/mol. The van der Waals surface area contributed by atoms with E-state index in [1.807, 2.05) is 38.1 Å².